The Bertz CT molecular complexity index is 713. The SMILES string of the molecule is CC(C)CCN(C)CC(=O)NCc1ccccc1S(=O)(=O)N1CCCCC1. The summed E-state index contributed by atoms with van der Waals surface area (Å²) in [7, 11) is -1.58. The largest absolute Gasteiger partial charge is 0.351 e. The molecule has 0 aromatic heterocycles. The molecule has 2 rings (SSSR count). The van der Waals surface area contributed by atoms with Gasteiger partial charge in [0.2, 0.25) is 15.9 Å². The normalized spacial score (nSPS) is 16.0. The molecule has 1 aliphatic rings. The van der Waals surface area contributed by atoms with Gasteiger partial charge >= 0.3 is 0 Å². The van der Waals surface area contributed by atoms with Gasteiger partial charge in [-0.05, 0) is 50.4 Å². The van der Waals surface area contributed by atoms with Crippen molar-refractivity contribution in [3.63, 3.8) is 0 Å². The molecule has 0 spiro atoms. The number of hydrogen-bond donors (Lipinski definition) is 1. The summed E-state index contributed by atoms with van der Waals surface area (Å²) in [6.45, 7) is 6.87. The molecule has 6 nitrogen and oxygen atoms in total. The van der Waals surface area contributed by atoms with Gasteiger partial charge in [-0.25, -0.2) is 8.42 Å². The van der Waals surface area contributed by atoms with Crippen molar-refractivity contribution in [1.82, 2.24) is 14.5 Å². The van der Waals surface area contributed by atoms with E-state index in [-0.39, 0.29) is 12.5 Å². The van der Waals surface area contributed by atoms with Gasteiger partial charge in [0.1, 0.15) is 0 Å². The Morgan fingerprint density at radius 1 is 1.19 bits per heavy atom. The molecule has 1 aromatic rings. The Kier molecular flexibility index (Phi) is 8.26. The predicted octanol–water partition coefficient (Wildman–Crippen LogP) is 2.46. The average molecular weight is 396 g/mol. The van der Waals surface area contributed by atoms with Crippen LogP contribution in [0.4, 0.5) is 0 Å². The van der Waals surface area contributed by atoms with Crippen molar-refractivity contribution in [2.45, 2.75) is 51.0 Å². The van der Waals surface area contributed by atoms with E-state index < -0.39 is 10.0 Å². The number of benzene rings is 1. The third kappa shape index (κ3) is 6.59. The first-order valence-electron chi connectivity index (χ1n) is 9.84. The standard InChI is InChI=1S/C20H33N3O3S/c1-17(2)11-14-22(3)16-20(24)21-15-18-9-5-6-10-19(18)27(25,26)23-12-7-4-8-13-23/h5-6,9-10,17H,4,7-8,11-16H2,1-3H3,(H,21,24). The van der Waals surface area contributed by atoms with Crippen LogP contribution >= 0.6 is 0 Å². The molecule has 7 heteroatoms. The predicted molar refractivity (Wildman–Crippen MR) is 108 cm³/mol. The van der Waals surface area contributed by atoms with Gasteiger partial charge in [0, 0.05) is 19.6 Å². The van der Waals surface area contributed by atoms with E-state index in [9.17, 15) is 13.2 Å². The topological polar surface area (TPSA) is 69.7 Å². The minimum absolute atomic E-state index is 0.0913. The molecule has 0 atom stereocenters. The molecule has 1 amide bonds. The van der Waals surface area contributed by atoms with E-state index >= 15 is 0 Å². The van der Waals surface area contributed by atoms with E-state index in [2.05, 4.69) is 19.2 Å². The van der Waals surface area contributed by atoms with Gasteiger partial charge < -0.3 is 5.32 Å². The highest BCUT2D eigenvalue weighted by atomic mass is 32.2. The summed E-state index contributed by atoms with van der Waals surface area (Å²) in [5.41, 5.74) is 0.640. The number of sulfonamides is 1. The molecule has 0 radical (unpaired) electrons. The molecule has 1 fully saturated rings. The van der Waals surface area contributed by atoms with E-state index in [4.69, 9.17) is 0 Å². The minimum Gasteiger partial charge on any atom is -0.351 e. The Balaban J connectivity index is 1.98. The third-order valence-electron chi connectivity index (χ3n) is 4.88. The first-order chi connectivity index (χ1) is 12.8. The Hall–Kier alpha value is -1.44. The minimum atomic E-state index is -3.51. The van der Waals surface area contributed by atoms with Crippen molar-refractivity contribution in [2.24, 2.45) is 5.92 Å². The van der Waals surface area contributed by atoms with Crippen LogP contribution < -0.4 is 5.32 Å². The molecule has 0 aliphatic carbocycles. The zero-order chi connectivity index (χ0) is 19.9. The van der Waals surface area contributed by atoms with Gasteiger partial charge in [0.05, 0.1) is 11.4 Å². The number of rotatable bonds is 9. The van der Waals surface area contributed by atoms with E-state index in [1.807, 2.05) is 18.0 Å². The first-order valence-corrected chi connectivity index (χ1v) is 11.3. The molecular weight excluding hydrogens is 362 g/mol. The number of piperidine rings is 1. The quantitative estimate of drug-likeness (QED) is 0.697. The molecule has 0 bridgehead atoms. The van der Waals surface area contributed by atoms with Crippen molar-refractivity contribution in [3.05, 3.63) is 29.8 Å². The highest BCUT2D eigenvalue weighted by Crippen LogP contribution is 2.23. The maximum Gasteiger partial charge on any atom is 0.243 e. The third-order valence-corrected chi connectivity index (χ3v) is 6.88. The van der Waals surface area contributed by atoms with Crippen LogP contribution in [0.15, 0.2) is 29.2 Å². The first kappa shape index (κ1) is 21.9. The number of likely N-dealkylation sites (N-methyl/N-ethyl adjacent to an activating group) is 1. The van der Waals surface area contributed by atoms with Crippen LogP contribution in [0.1, 0.15) is 45.1 Å². The summed E-state index contributed by atoms with van der Waals surface area (Å²) in [6.07, 6.45) is 3.93. The maximum absolute atomic E-state index is 13.0. The van der Waals surface area contributed by atoms with Crippen LogP contribution in [0.3, 0.4) is 0 Å². The fourth-order valence-corrected chi connectivity index (χ4v) is 4.94. The van der Waals surface area contributed by atoms with Gasteiger partial charge in [0.15, 0.2) is 0 Å². The second-order valence-corrected chi connectivity index (χ2v) is 9.68. The summed E-state index contributed by atoms with van der Waals surface area (Å²) >= 11 is 0. The van der Waals surface area contributed by atoms with Gasteiger partial charge in [-0.1, -0.05) is 38.5 Å². The molecule has 1 aliphatic heterocycles. The fraction of sp³-hybridized carbons (Fsp3) is 0.650. The number of nitrogens with zero attached hydrogens (tertiary/aromatic N) is 2. The lowest BCUT2D eigenvalue weighted by Gasteiger charge is -2.27. The number of carbonyl (C=O) groups excluding carboxylic acids is 1. The Labute approximate surface area is 164 Å². The second-order valence-electron chi connectivity index (χ2n) is 7.77. The van der Waals surface area contributed by atoms with Crippen molar-refractivity contribution in [3.8, 4) is 0 Å². The number of carbonyl (C=O) groups is 1. The summed E-state index contributed by atoms with van der Waals surface area (Å²) < 4.78 is 27.5. The summed E-state index contributed by atoms with van der Waals surface area (Å²) in [5, 5.41) is 2.87. The monoisotopic (exact) mass is 395 g/mol. The van der Waals surface area contributed by atoms with Gasteiger partial charge in [-0.2, -0.15) is 4.31 Å². The smallest absolute Gasteiger partial charge is 0.243 e. The lowest BCUT2D eigenvalue weighted by molar-refractivity contribution is -0.122. The summed E-state index contributed by atoms with van der Waals surface area (Å²) in [4.78, 5) is 14.5. The van der Waals surface area contributed by atoms with Crippen molar-refractivity contribution < 1.29 is 13.2 Å². The lowest BCUT2D eigenvalue weighted by atomic mass is 10.1. The van der Waals surface area contributed by atoms with Crippen LogP contribution in [0.25, 0.3) is 0 Å². The van der Waals surface area contributed by atoms with Crippen LogP contribution in [-0.2, 0) is 21.4 Å². The molecule has 0 saturated carbocycles. The lowest BCUT2D eigenvalue weighted by Crippen LogP contribution is -2.37. The van der Waals surface area contributed by atoms with Crippen LogP contribution in [0.5, 0.6) is 0 Å². The molecule has 1 heterocycles. The van der Waals surface area contributed by atoms with Crippen LogP contribution in [-0.4, -0.2) is 56.8 Å². The second kappa shape index (κ2) is 10.2. The fourth-order valence-electron chi connectivity index (χ4n) is 3.20. The van der Waals surface area contributed by atoms with E-state index in [1.165, 1.54) is 0 Å². The Morgan fingerprint density at radius 3 is 2.52 bits per heavy atom. The molecule has 0 unspecified atom stereocenters. The van der Waals surface area contributed by atoms with Crippen molar-refractivity contribution >= 4 is 15.9 Å². The zero-order valence-corrected chi connectivity index (χ0v) is 17.6. The van der Waals surface area contributed by atoms with Crippen LogP contribution in [0.2, 0.25) is 0 Å². The van der Waals surface area contributed by atoms with Gasteiger partial charge in [-0.3, -0.25) is 9.69 Å². The highest BCUT2D eigenvalue weighted by Gasteiger charge is 2.27. The van der Waals surface area contributed by atoms with E-state index in [0.717, 1.165) is 32.2 Å². The summed E-state index contributed by atoms with van der Waals surface area (Å²) in [5.74, 6) is 0.508. The van der Waals surface area contributed by atoms with E-state index in [0.29, 0.717) is 36.0 Å². The average Bonchev–Trinajstić information content (AvgIpc) is 2.65. The van der Waals surface area contributed by atoms with Crippen molar-refractivity contribution in [1.29, 1.82) is 0 Å². The molecule has 1 aromatic carbocycles. The molecule has 27 heavy (non-hydrogen) atoms. The van der Waals surface area contributed by atoms with Gasteiger partial charge in [-0.15, -0.1) is 0 Å². The summed E-state index contributed by atoms with van der Waals surface area (Å²) in [6, 6.07) is 6.97. The van der Waals surface area contributed by atoms with Crippen molar-refractivity contribution in [2.75, 3.05) is 33.2 Å². The van der Waals surface area contributed by atoms with E-state index in [1.54, 1.807) is 22.5 Å². The maximum atomic E-state index is 13.0. The van der Waals surface area contributed by atoms with Gasteiger partial charge in [0.25, 0.3) is 0 Å². The number of hydrogen-bond acceptors (Lipinski definition) is 4. The Morgan fingerprint density at radius 2 is 1.85 bits per heavy atom. The zero-order valence-electron chi connectivity index (χ0n) is 16.8. The molecule has 1 N–H and O–H groups in total. The molecular formula is C20H33N3O3S. The highest BCUT2D eigenvalue weighted by molar-refractivity contribution is 7.89. The number of nitrogens with one attached hydrogen (secondary N) is 1. The molecule has 152 valence electrons. The number of amides is 1. The van der Waals surface area contributed by atoms with Crippen LogP contribution in [0, 0.1) is 5.92 Å². The molecule has 1 saturated heterocycles.